The Kier molecular flexibility index (Phi) is 48.7. The number of phosphoric ester groups is 1. The molecule has 0 aromatic carbocycles. The molecule has 0 amide bonds. The van der Waals surface area contributed by atoms with Crippen LogP contribution in [0.2, 0.25) is 0 Å². The summed E-state index contributed by atoms with van der Waals surface area (Å²) in [5, 5.41) is 0. The van der Waals surface area contributed by atoms with Gasteiger partial charge in [0, 0.05) is 13.0 Å². The molecule has 0 radical (unpaired) electrons. The molecule has 0 aromatic rings. The van der Waals surface area contributed by atoms with Gasteiger partial charge in [0.15, 0.2) is 0 Å². The van der Waals surface area contributed by atoms with Crippen LogP contribution in [0.1, 0.15) is 251 Å². The monoisotopic (exact) mass is 950 g/mol. The van der Waals surface area contributed by atoms with Crippen LogP contribution in [0.4, 0.5) is 0 Å². The third-order valence-electron chi connectivity index (χ3n) is 12.1. The van der Waals surface area contributed by atoms with Crippen molar-refractivity contribution in [3.8, 4) is 0 Å². The Morgan fingerprint density at radius 3 is 1.24 bits per heavy atom. The Labute approximate surface area is 409 Å². The molecule has 388 valence electrons. The maximum Gasteiger partial charge on any atom is 0.306 e. The van der Waals surface area contributed by atoms with Crippen molar-refractivity contribution in [3.63, 3.8) is 0 Å². The quantitative estimate of drug-likeness (QED) is 0.0197. The van der Waals surface area contributed by atoms with Gasteiger partial charge in [0.25, 0.3) is 7.82 Å². The summed E-state index contributed by atoms with van der Waals surface area (Å²) in [7, 11) is 1.35. The first-order valence-electron chi connectivity index (χ1n) is 27.9. The fraction of sp³-hybridized carbons (Fsp3) is 0.842. The highest BCUT2D eigenvalue weighted by Crippen LogP contribution is 2.38. The minimum atomic E-state index is -4.54. The molecule has 0 spiro atoms. The van der Waals surface area contributed by atoms with Crippen LogP contribution >= 0.6 is 7.82 Å². The molecule has 0 rings (SSSR count). The second kappa shape index (κ2) is 49.9. The third kappa shape index (κ3) is 53.4. The second-order valence-corrected chi connectivity index (χ2v) is 21.3. The molecule has 0 aromatic heterocycles. The number of ether oxygens (including phenoxy) is 2. The van der Waals surface area contributed by atoms with E-state index in [0.29, 0.717) is 24.1 Å². The molecule has 2 atom stereocenters. The standard InChI is InChI=1S/C57H108NO7P/c1-6-8-10-12-14-16-18-20-22-24-26-27-28-29-30-31-32-33-35-37-39-41-43-45-47-49-52-62-54-56(55-64-66(60,61)63-53-51-58(3,4)5)65-57(59)50-48-46-44-42-40-38-36-34-25-23-21-19-17-15-13-11-9-7-2/h17-20,23-26,56H,6-16,21-22,27-55H2,1-5H3/b19-17-,20-18-,25-23-,26-24-. The predicted octanol–water partition coefficient (Wildman–Crippen LogP) is 16.8. The summed E-state index contributed by atoms with van der Waals surface area (Å²) < 4.78 is 34.8. The first-order valence-corrected chi connectivity index (χ1v) is 29.3. The maximum atomic E-state index is 12.8. The number of phosphoric acid groups is 1. The maximum absolute atomic E-state index is 12.8. The Morgan fingerprint density at radius 2 is 0.833 bits per heavy atom. The van der Waals surface area contributed by atoms with E-state index in [1.165, 1.54) is 180 Å². The van der Waals surface area contributed by atoms with Crippen molar-refractivity contribution in [3.05, 3.63) is 48.6 Å². The smallest absolute Gasteiger partial charge is 0.306 e. The van der Waals surface area contributed by atoms with E-state index in [0.717, 1.165) is 51.4 Å². The van der Waals surface area contributed by atoms with E-state index < -0.39 is 13.9 Å². The largest absolute Gasteiger partial charge is 0.756 e. The Bertz CT molecular complexity index is 1200. The molecule has 9 heteroatoms. The molecule has 0 bridgehead atoms. The van der Waals surface area contributed by atoms with Crippen LogP contribution in [0.3, 0.4) is 0 Å². The van der Waals surface area contributed by atoms with E-state index in [9.17, 15) is 14.3 Å². The van der Waals surface area contributed by atoms with Crippen LogP contribution in [-0.2, 0) is 27.9 Å². The van der Waals surface area contributed by atoms with Crippen LogP contribution in [0, 0.1) is 0 Å². The molecular weight excluding hydrogens is 842 g/mol. The van der Waals surface area contributed by atoms with Crippen molar-refractivity contribution in [1.82, 2.24) is 0 Å². The van der Waals surface area contributed by atoms with Gasteiger partial charge in [-0.25, -0.2) is 0 Å². The van der Waals surface area contributed by atoms with Crippen LogP contribution in [0.25, 0.3) is 0 Å². The van der Waals surface area contributed by atoms with Crippen molar-refractivity contribution in [2.24, 2.45) is 0 Å². The average molecular weight is 950 g/mol. The summed E-state index contributed by atoms with van der Waals surface area (Å²) in [6.45, 7) is 5.41. The molecule has 0 saturated carbocycles. The Hall–Kier alpha value is -1.54. The van der Waals surface area contributed by atoms with Gasteiger partial charge in [-0.15, -0.1) is 0 Å². The number of likely N-dealkylation sites (N-methyl/N-ethyl adjacent to an activating group) is 1. The highest BCUT2D eigenvalue weighted by molar-refractivity contribution is 7.45. The fourth-order valence-electron chi connectivity index (χ4n) is 7.79. The lowest BCUT2D eigenvalue weighted by Crippen LogP contribution is -2.37. The number of hydrogen-bond donors (Lipinski definition) is 0. The third-order valence-corrected chi connectivity index (χ3v) is 13.1. The van der Waals surface area contributed by atoms with E-state index in [2.05, 4.69) is 62.5 Å². The van der Waals surface area contributed by atoms with Crippen LogP contribution in [-0.4, -0.2) is 70.7 Å². The lowest BCUT2D eigenvalue weighted by atomic mass is 10.0. The van der Waals surface area contributed by atoms with E-state index in [1.54, 1.807) is 0 Å². The number of rotatable bonds is 52. The summed E-state index contributed by atoms with van der Waals surface area (Å²) in [6, 6.07) is 0. The number of unbranched alkanes of at least 4 members (excludes halogenated alkanes) is 30. The summed E-state index contributed by atoms with van der Waals surface area (Å²) in [4.78, 5) is 25.2. The molecule has 0 saturated heterocycles. The summed E-state index contributed by atoms with van der Waals surface area (Å²) in [6.07, 6.45) is 62.9. The summed E-state index contributed by atoms with van der Waals surface area (Å²) >= 11 is 0. The van der Waals surface area contributed by atoms with Gasteiger partial charge in [-0.3, -0.25) is 9.36 Å². The molecule has 66 heavy (non-hydrogen) atoms. The van der Waals surface area contributed by atoms with Crippen molar-refractivity contribution in [2.75, 3.05) is 54.1 Å². The molecule has 0 aliphatic carbocycles. The van der Waals surface area contributed by atoms with Crippen molar-refractivity contribution >= 4 is 13.8 Å². The highest BCUT2D eigenvalue weighted by atomic mass is 31.2. The lowest BCUT2D eigenvalue weighted by Gasteiger charge is -2.28. The van der Waals surface area contributed by atoms with Crippen molar-refractivity contribution in [1.29, 1.82) is 0 Å². The summed E-state index contributed by atoms with van der Waals surface area (Å²) in [5.74, 6) is -0.339. The minimum absolute atomic E-state index is 0.0241. The topological polar surface area (TPSA) is 94.1 Å². The molecule has 0 heterocycles. The van der Waals surface area contributed by atoms with Crippen molar-refractivity contribution in [2.45, 2.75) is 258 Å². The van der Waals surface area contributed by atoms with Crippen LogP contribution in [0.15, 0.2) is 48.6 Å². The molecule has 8 nitrogen and oxygen atoms in total. The Balaban J connectivity index is 4.07. The van der Waals surface area contributed by atoms with E-state index in [-0.39, 0.29) is 25.8 Å². The Morgan fingerprint density at radius 1 is 0.470 bits per heavy atom. The molecule has 0 aliphatic heterocycles. The molecule has 0 aliphatic rings. The zero-order valence-electron chi connectivity index (χ0n) is 44.1. The van der Waals surface area contributed by atoms with Gasteiger partial charge >= 0.3 is 5.97 Å². The van der Waals surface area contributed by atoms with Gasteiger partial charge in [-0.2, -0.15) is 0 Å². The number of carbonyl (C=O) groups excluding carboxylic acids is 1. The average Bonchev–Trinajstić information content (AvgIpc) is 3.28. The number of esters is 1. The normalized spacial score (nSPS) is 13.8. The lowest BCUT2D eigenvalue weighted by molar-refractivity contribution is -0.870. The van der Waals surface area contributed by atoms with Crippen molar-refractivity contribution < 1.29 is 37.3 Å². The second-order valence-electron chi connectivity index (χ2n) is 19.9. The SMILES string of the molecule is CCCCCC/C=C\C/C=C\CCCCCCCCCC(=O)OC(COCCCCCCCCCCCCCCCC/C=C\C/C=C\CCCCCCC)COP(=O)([O-])OCC[N+](C)(C)C. The van der Waals surface area contributed by atoms with Gasteiger partial charge in [0.05, 0.1) is 34.4 Å². The van der Waals surface area contributed by atoms with E-state index >= 15 is 0 Å². The molecule has 0 N–H and O–H groups in total. The summed E-state index contributed by atoms with van der Waals surface area (Å²) in [5.41, 5.74) is 0. The number of nitrogens with zero attached hydrogens (tertiary/aromatic N) is 1. The molecule has 2 unspecified atom stereocenters. The minimum Gasteiger partial charge on any atom is -0.756 e. The van der Waals surface area contributed by atoms with Gasteiger partial charge in [0.2, 0.25) is 0 Å². The number of quaternary nitrogens is 1. The van der Waals surface area contributed by atoms with Gasteiger partial charge in [0.1, 0.15) is 19.3 Å². The number of allylic oxidation sites excluding steroid dienone is 8. The van der Waals surface area contributed by atoms with Crippen LogP contribution in [0.5, 0.6) is 0 Å². The predicted molar refractivity (Wildman–Crippen MR) is 282 cm³/mol. The first-order chi connectivity index (χ1) is 32.1. The number of carbonyl (C=O) groups is 1. The number of hydrogen-bond acceptors (Lipinski definition) is 7. The van der Waals surface area contributed by atoms with Crippen LogP contribution < -0.4 is 4.89 Å². The fourth-order valence-corrected chi connectivity index (χ4v) is 8.51. The first kappa shape index (κ1) is 64.5. The highest BCUT2D eigenvalue weighted by Gasteiger charge is 2.20. The zero-order chi connectivity index (χ0) is 48.3. The molecule has 0 fully saturated rings. The van der Waals surface area contributed by atoms with Gasteiger partial charge in [-0.05, 0) is 77.0 Å². The molecular formula is C57H108NO7P. The van der Waals surface area contributed by atoms with E-state index in [4.69, 9.17) is 18.5 Å². The van der Waals surface area contributed by atoms with E-state index in [1.807, 2.05) is 21.1 Å². The zero-order valence-corrected chi connectivity index (χ0v) is 45.0. The van der Waals surface area contributed by atoms with Gasteiger partial charge in [-0.1, -0.05) is 217 Å². The van der Waals surface area contributed by atoms with Gasteiger partial charge < -0.3 is 27.9 Å².